The van der Waals surface area contributed by atoms with Crippen molar-refractivity contribution < 1.29 is 14.2 Å². The second-order valence-corrected chi connectivity index (χ2v) is 4.77. The van der Waals surface area contributed by atoms with E-state index < -0.39 is 0 Å². The summed E-state index contributed by atoms with van der Waals surface area (Å²) in [6, 6.07) is 9.89. The van der Waals surface area contributed by atoms with Gasteiger partial charge in [-0.15, -0.1) is 0 Å². The molecular formula is C14H15N4O2+. The minimum Gasteiger partial charge on any atom is -0.339 e. The van der Waals surface area contributed by atoms with Crippen molar-refractivity contribution in [1.29, 1.82) is 0 Å². The van der Waals surface area contributed by atoms with Crippen LogP contribution in [0.1, 0.15) is 16.1 Å². The van der Waals surface area contributed by atoms with Crippen molar-refractivity contribution in [2.45, 2.75) is 6.54 Å². The minimum atomic E-state index is -0.243. The van der Waals surface area contributed by atoms with Crippen molar-refractivity contribution in [2.75, 3.05) is 11.9 Å². The van der Waals surface area contributed by atoms with Gasteiger partial charge in [-0.2, -0.15) is 0 Å². The fourth-order valence-corrected chi connectivity index (χ4v) is 2.35. The highest BCUT2D eigenvalue weighted by Gasteiger charge is 2.31. The van der Waals surface area contributed by atoms with Crippen molar-refractivity contribution in [1.82, 2.24) is 9.88 Å². The third-order valence-corrected chi connectivity index (χ3v) is 3.25. The number of anilines is 1. The van der Waals surface area contributed by atoms with Crippen LogP contribution in [0.15, 0.2) is 36.7 Å². The lowest BCUT2D eigenvalue weighted by Crippen LogP contribution is -2.37. The zero-order valence-electron chi connectivity index (χ0n) is 11.1. The highest BCUT2D eigenvalue weighted by Crippen LogP contribution is 2.13. The summed E-state index contributed by atoms with van der Waals surface area (Å²) in [6.45, 7) is 0.594. The van der Waals surface area contributed by atoms with Gasteiger partial charge >= 0.3 is 0 Å². The van der Waals surface area contributed by atoms with Crippen LogP contribution in [0.25, 0.3) is 0 Å². The number of aromatic nitrogens is 2. The molecule has 3 rings (SSSR count). The fraction of sp³-hybridized carbons (Fsp3) is 0.214. The van der Waals surface area contributed by atoms with Crippen LogP contribution >= 0.6 is 0 Å². The summed E-state index contributed by atoms with van der Waals surface area (Å²) in [5.41, 5.74) is 1.57. The van der Waals surface area contributed by atoms with Gasteiger partial charge in [0.2, 0.25) is 5.69 Å². The molecular weight excluding hydrogens is 256 g/mol. The van der Waals surface area contributed by atoms with E-state index in [4.69, 9.17) is 0 Å². The molecule has 0 atom stereocenters. The number of hydrogen-bond acceptors (Lipinski definition) is 2. The first kappa shape index (κ1) is 12.4. The minimum absolute atomic E-state index is 0.00114. The third kappa shape index (κ3) is 2.16. The van der Waals surface area contributed by atoms with Crippen LogP contribution in [0.3, 0.4) is 0 Å². The molecule has 0 aliphatic carbocycles. The molecule has 0 radical (unpaired) electrons. The Hall–Kier alpha value is -2.63. The summed E-state index contributed by atoms with van der Waals surface area (Å²) < 4.78 is 3.59. The predicted octanol–water partition coefficient (Wildman–Crippen LogP) is 0.0428. The molecule has 6 nitrogen and oxygen atoms in total. The summed E-state index contributed by atoms with van der Waals surface area (Å²) in [7, 11) is 1.79. The Morgan fingerprint density at radius 3 is 2.75 bits per heavy atom. The van der Waals surface area contributed by atoms with Crippen LogP contribution in [-0.4, -0.2) is 22.9 Å². The summed E-state index contributed by atoms with van der Waals surface area (Å²) >= 11 is 0. The Balaban J connectivity index is 2.03. The standard InChI is InChI=1S/C14H14N4O2/c1-17-9-18(8-10-5-3-2-4-6-10)13-12(17)14(20)15-7-11(19)16-13/h2-6,9H,7-8H2,1H3,(H-,15,16,19,20)/p+1. The number of carbonyl (C=O) groups is 2. The molecule has 1 aromatic heterocycles. The van der Waals surface area contributed by atoms with E-state index in [0.717, 1.165) is 5.56 Å². The van der Waals surface area contributed by atoms with E-state index >= 15 is 0 Å². The van der Waals surface area contributed by atoms with E-state index in [2.05, 4.69) is 10.6 Å². The van der Waals surface area contributed by atoms with E-state index in [1.165, 1.54) is 0 Å². The lowest BCUT2D eigenvalue weighted by molar-refractivity contribution is -0.674. The van der Waals surface area contributed by atoms with Crippen molar-refractivity contribution in [3.63, 3.8) is 0 Å². The molecule has 0 unspecified atom stereocenters. The van der Waals surface area contributed by atoms with Crippen molar-refractivity contribution >= 4 is 17.6 Å². The van der Waals surface area contributed by atoms with E-state index in [9.17, 15) is 9.59 Å². The van der Waals surface area contributed by atoms with E-state index in [1.54, 1.807) is 11.6 Å². The Morgan fingerprint density at radius 2 is 2.00 bits per heavy atom. The van der Waals surface area contributed by atoms with Crippen LogP contribution in [0.4, 0.5) is 5.82 Å². The highest BCUT2D eigenvalue weighted by atomic mass is 16.2. The number of amides is 2. The topological polar surface area (TPSA) is 67.0 Å². The number of aryl methyl sites for hydroxylation is 1. The SMILES string of the molecule is Cn1c[n+](Cc2ccccc2)c2c1C(=O)NCC(=O)N2. The molecule has 2 amide bonds. The fourth-order valence-electron chi connectivity index (χ4n) is 2.35. The second kappa shape index (κ2) is 4.80. The number of carbonyl (C=O) groups excluding carboxylic acids is 2. The van der Waals surface area contributed by atoms with Crippen molar-refractivity contribution in [3.8, 4) is 0 Å². The maximum Gasteiger partial charge on any atom is 0.299 e. The average Bonchev–Trinajstić information content (AvgIpc) is 2.63. The normalized spacial score (nSPS) is 14.2. The zero-order chi connectivity index (χ0) is 14.1. The summed E-state index contributed by atoms with van der Waals surface area (Å²) in [4.78, 5) is 23.7. The molecule has 2 aromatic rings. The van der Waals surface area contributed by atoms with Gasteiger partial charge in [-0.25, -0.2) is 9.88 Å². The summed E-state index contributed by atoms with van der Waals surface area (Å²) in [5, 5.41) is 5.37. The maximum absolute atomic E-state index is 12.0. The molecule has 2 N–H and O–H groups in total. The summed E-state index contributed by atoms with van der Waals surface area (Å²) in [6.07, 6.45) is 1.81. The number of fused-ring (bicyclic) bond motifs is 1. The van der Waals surface area contributed by atoms with E-state index in [1.807, 2.05) is 41.2 Å². The molecule has 0 saturated carbocycles. The van der Waals surface area contributed by atoms with Gasteiger partial charge in [0, 0.05) is 0 Å². The van der Waals surface area contributed by atoms with Crippen LogP contribution in [0.5, 0.6) is 0 Å². The maximum atomic E-state index is 12.0. The molecule has 1 aliphatic heterocycles. The molecule has 102 valence electrons. The first-order chi connectivity index (χ1) is 9.65. The van der Waals surface area contributed by atoms with Gasteiger partial charge < -0.3 is 5.32 Å². The van der Waals surface area contributed by atoms with E-state index in [-0.39, 0.29) is 18.4 Å². The Labute approximate surface area is 116 Å². The van der Waals surface area contributed by atoms with Gasteiger partial charge in [0.15, 0.2) is 6.33 Å². The van der Waals surface area contributed by atoms with Gasteiger partial charge in [-0.3, -0.25) is 14.2 Å². The second-order valence-electron chi connectivity index (χ2n) is 4.77. The van der Waals surface area contributed by atoms with E-state index in [0.29, 0.717) is 18.1 Å². The quantitative estimate of drug-likeness (QED) is 0.758. The van der Waals surface area contributed by atoms with Crippen LogP contribution in [-0.2, 0) is 18.4 Å². The molecule has 6 heteroatoms. The first-order valence-electron chi connectivity index (χ1n) is 6.36. The molecule has 0 bridgehead atoms. The smallest absolute Gasteiger partial charge is 0.299 e. The molecule has 0 spiro atoms. The molecule has 20 heavy (non-hydrogen) atoms. The molecule has 0 fully saturated rings. The number of rotatable bonds is 2. The van der Waals surface area contributed by atoms with Gasteiger partial charge in [0.1, 0.15) is 6.54 Å². The molecule has 0 saturated heterocycles. The Kier molecular flexibility index (Phi) is 2.98. The predicted molar refractivity (Wildman–Crippen MR) is 72.1 cm³/mol. The van der Waals surface area contributed by atoms with Gasteiger partial charge in [-0.1, -0.05) is 30.3 Å². The van der Waals surface area contributed by atoms with Crippen LogP contribution in [0, 0.1) is 0 Å². The highest BCUT2D eigenvalue weighted by molar-refractivity contribution is 6.05. The molecule has 1 aliphatic rings. The number of nitrogens with one attached hydrogen (secondary N) is 2. The third-order valence-electron chi connectivity index (χ3n) is 3.25. The number of imidazole rings is 1. The van der Waals surface area contributed by atoms with Gasteiger partial charge in [0.25, 0.3) is 17.6 Å². The van der Waals surface area contributed by atoms with Crippen LogP contribution < -0.4 is 15.2 Å². The number of benzene rings is 1. The largest absolute Gasteiger partial charge is 0.339 e. The van der Waals surface area contributed by atoms with Crippen LogP contribution in [0.2, 0.25) is 0 Å². The monoisotopic (exact) mass is 271 g/mol. The lowest BCUT2D eigenvalue weighted by Gasteiger charge is -2.02. The average molecular weight is 271 g/mol. The Bertz CT molecular complexity index is 676. The molecule has 1 aromatic carbocycles. The number of hydrogen-bond donors (Lipinski definition) is 2. The van der Waals surface area contributed by atoms with Gasteiger partial charge in [-0.05, 0) is 5.56 Å². The Morgan fingerprint density at radius 1 is 1.25 bits per heavy atom. The van der Waals surface area contributed by atoms with Crippen molar-refractivity contribution in [2.24, 2.45) is 7.05 Å². The molecule has 2 heterocycles. The number of nitrogens with zero attached hydrogens (tertiary/aromatic N) is 2. The van der Waals surface area contributed by atoms with Crippen molar-refractivity contribution in [3.05, 3.63) is 47.9 Å². The zero-order valence-corrected chi connectivity index (χ0v) is 11.1. The first-order valence-corrected chi connectivity index (χ1v) is 6.36. The van der Waals surface area contributed by atoms with Gasteiger partial charge in [0.05, 0.1) is 13.6 Å². The lowest BCUT2D eigenvalue weighted by atomic mass is 10.2. The summed E-state index contributed by atoms with van der Waals surface area (Å²) in [5.74, 6) is 0.0779.